The zero-order valence-electron chi connectivity index (χ0n) is 18.1. The van der Waals surface area contributed by atoms with E-state index in [1.165, 1.54) is 25.1 Å². The number of ether oxygens (including phenoxy) is 1. The van der Waals surface area contributed by atoms with Gasteiger partial charge in [0.15, 0.2) is 5.90 Å². The molecule has 1 heterocycles. The molecule has 0 unspecified atom stereocenters. The lowest BCUT2D eigenvalue weighted by Gasteiger charge is -2.37. The van der Waals surface area contributed by atoms with Gasteiger partial charge in [-0.15, -0.1) is 0 Å². The predicted octanol–water partition coefficient (Wildman–Crippen LogP) is 4.48. The summed E-state index contributed by atoms with van der Waals surface area (Å²) in [7, 11) is 0. The molecule has 4 rings (SSSR count). The quantitative estimate of drug-likeness (QED) is 0.472. The van der Waals surface area contributed by atoms with Crippen molar-refractivity contribution in [2.45, 2.75) is 51.8 Å². The van der Waals surface area contributed by atoms with Crippen molar-refractivity contribution in [1.82, 2.24) is 4.90 Å². The zero-order chi connectivity index (χ0) is 23.4. The number of amides is 1. The van der Waals surface area contributed by atoms with Crippen molar-refractivity contribution in [2.24, 2.45) is 5.92 Å². The molecular weight excluding hydrogens is 416 g/mol. The molecule has 1 amide bonds. The van der Waals surface area contributed by atoms with Crippen LogP contribution < -0.4 is 0 Å². The normalized spacial score (nSPS) is 16.7. The predicted molar refractivity (Wildman–Crippen MR) is 116 cm³/mol. The molecule has 1 aliphatic heterocycles. The van der Waals surface area contributed by atoms with Crippen LogP contribution >= 0.6 is 0 Å². The summed E-state index contributed by atoms with van der Waals surface area (Å²) < 4.78 is 34.6. The smallest absolute Gasteiger partial charge is 0.255 e. The third kappa shape index (κ3) is 3.90. The molecule has 0 aromatic heterocycles. The lowest BCUT2D eigenvalue weighted by Crippen LogP contribution is -2.51. The molecule has 1 aliphatic carbocycles. The summed E-state index contributed by atoms with van der Waals surface area (Å²) in [6, 6.07) is 6.20. The fourth-order valence-corrected chi connectivity index (χ4v) is 4.59. The molecule has 1 atom stereocenters. The highest BCUT2D eigenvalue weighted by molar-refractivity contribution is 6.05. The standard InChI is InChI=1S/C24H25F2N3O3/c1-12(27)32-22(28)16-8-6-14(10-18(16)26)19-17(25)9-7-15-11-29(23(30)20(15)19)21(13-4-5-13)24(2,3)31/h6-10,13,21,27-28,31H,4-5,11H2,1-3H3/t21-/m1/s1. The van der Waals surface area contributed by atoms with Crippen molar-refractivity contribution in [2.75, 3.05) is 0 Å². The lowest BCUT2D eigenvalue weighted by atomic mass is 9.92. The minimum absolute atomic E-state index is 0.00132. The Kier molecular flexibility index (Phi) is 5.36. The van der Waals surface area contributed by atoms with E-state index in [4.69, 9.17) is 15.6 Å². The largest absolute Gasteiger partial charge is 0.425 e. The number of nitrogens with zero attached hydrogens (tertiary/aromatic N) is 1. The molecule has 3 N–H and O–H groups in total. The van der Waals surface area contributed by atoms with Crippen LogP contribution in [0.4, 0.5) is 8.78 Å². The van der Waals surface area contributed by atoms with Crippen LogP contribution in [0.1, 0.15) is 55.1 Å². The van der Waals surface area contributed by atoms with Crippen LogP contribution in [0.15, 0.2) is 30.3 Å². The number of nitrogens with one attached hydrogen (secondary N) is 2. The molecule has 1 saturated carbocycles. The van der Waals surface area contributed by atoms with Crippen LogP contribution in [0, 0.1) is 28.4 Å². The number of halogens is 2. The highest BCUT2D eigenvalue weighted by Gasteiger charge is 2.48. The topological polar surface area (TPSA) is 97.5 Å². The SMILES string of the molecule is CC(=N)OC(=N)c1ccc(-c2c(F)ccc3c2C(=O)N([C@H](C2CC2)C(C)(C)O)C3)cc1F. The Labute approximate surface area is 184 Å². The van der Waals surface area contributed by atoms with Crippen LogP contribution in [0.2, 0.25) is 0 Å². The van der Waals surface area contributed by atoms with Crippen LogP contribution in [0.3, 0.4) is 0 Å². The van der Waals surface area contributed by atoms with E-state index >= 15 is 0 Å². The van der Waals surface area contributed by atoms with Crippen molar-refractivity contribution in [3.05, 3.63) is 58.7 Å². The Hall–Kier alpha value is -3.13. The number of hydrogen-bond acceptors (Lipinski definition) is 5. The van der Waals surface area contributed by atoms with Crippen molar-refractivity contribution in [1.29, 1.82) is 10.8 Å². The number of carbonyl (C=O) groups is 1. The second kappa shape index (κ2) is 7.78. The van der Waals surface area contributed by atoms with Crippen molar-refractivity contribution < 1.29 is 23.4 Å². The number of aliphatic hydroxyl groups is 1. The van der Waals surface area contributed by atoms with E-state index < -0.39 is 23.1 Å². The van der Waals surface area contributed by atoms with Crippen LogP contribution in [0.25, 0.3) is 11.1 Å². The molecule has 0 saturated heterocycles. The molecule has 0 spiro atoms. The molecule has 8 heteroatoms. The highest BCUT2D eigenvalue weighted by atomic mass is 19.1. The number of fused-ring (bicyclic) bond motifs is 1. The molecule has 2 aromatic rings. The monoisotopic (exact) mass is 441 g/mol. The van der Waals surface area contributed by atoms with Crippen molar-refractivity contribution >= 4 is 17.7 Å². The Morgan fingerprint density at radius 3 is 2.41 bits per heavy atom. The summed E-state index contributed by atoms with van der Waals surface area (Å²) in [6.45, 7) is 4.93. The lowest BCUT2D eigenvalue weighted by molar-refractivity contribution is -0.0224. The molecule has 2 aromatic carbocycles. The Balaban J connectivity index is 1.75. The van der Waals surface area contributed by atoms with E-state index in [0.717, 1.165) is 18.9 Å². The molecular formula is C24H25F2N3O3. The van der Waals surface area contributed by atoms with Gasteiger partial charge >= 0.3 is 0 Å². The minimum atomic E-state index is -1.11. The Morgan fingerprint density at radius 2 is 1.84 bits per heavy atom. The summed E-state index contributed by atoms with van der Waals surface area (Å²) in [5.41, 5.74) is -0.312. The molecule has 6 nitrogen and oxygen atoms in total. The fraction of sp³-hybridized carbons (Fsp3) is 0.375. The van der Waals surface area contributed by atoms with Gasteiger partial charge in [0.05, 0.1) is 22.8 Å². The first-order valence-corrected chi connectivity index (χ1v) is 10.5. The minimum Gasteiger partial charge on any atom is -0.425 e. The van der Waals surface area contributed by atoms with Gasteiger partial charge in [-0.25, -0.2) is 8.78 Å². The van der Waals surface area contributed by atoms with E-state index in [2.05, 4.69) is 0 Å². The Bertz CT molecular complexity index is 1140. The van der Waals surface area contributed by atoms with Gasteiger partial charge in [-0.1, -0.05) is 12.1 Å². The summed E-state index contributed by atoms with van der Waals surface area (Å²) in [6.07, 6.45) is 1.85. The number of rotatable bonds is 5. The second-order valence-corrected chi connectivity index (χ2v) is 9.01. The number of benzene rings is 2. The molecule has 168 valence electrons. The van der Waals surface area contributed by atoms with E-state index in [9.17, 15) is 18.7 Å². The van der Waals surface area contributed by atoms with Crippen LogP contribution in [-0.4, -0.2) is 39.4 Å². The third-order valence-corrected chi connectivity index (χ3v) is 5.94. The average Bonchev–Trinajstić information content (AvgIpc) is 3.45. The van der Waals surface area contributed by atoms with Gasteiger partial charge in [0.25, 0.3) is 5.91 Å². The third-order valence-electron chi connectivity index (χ3n) is 5.94. The maximum Gasteiger partial charge on any atom is 0.255 e. The highest BCUT2D eigenvalue weighted by Crippen LogP contribution is 2.44. The summed E-state index contributed by atoms with van der Waals surface area (Å²) in [5, 5.41) is 25.8. The van der Waals surface area contributed by atoms with Crippen molar-refractivity contribution in [3.8, 4) is 11.1 Å². The molecule has 32 heavy (non-hydrogen) atoms. The fourth-order valence-electron chi connectivity index (χ4n) is 4.59. The van der Waals surface area contributed by atoms with Gasteiger partial charge in [0.2, 0.25) is 5.90 Å². The summed E-state index contributed by atoms with van der Waals surface area (Å²) >= 11 is 0. The first-order valence-electron chi connectivity index (χ1n) is 10.5. The van der Waals surface area contributed by atoms with Gasteiger partial charge in [-0.05, 0) is 61.9 Å². The van der Waals surface area contributed by atoms with E-state index in [1.54, 1.807) is 24.8 Å². The average molecular weight is 441 g/mol. The van der Waals surface area contributed by atoms with Gasteiger partial charge in [-0.2, -0.15) is 0 Å². The van der Waals surface area contributed by atoms with Gasteiger partial charge < -0.3 is 14.7 Å². The maximum atomic E-state index is 15.0. The molecule has 2 aliphatic rings. The number of hydrogen-bond donors (Lipinski definition) is 3. The second-order valence-electron chi connectivity index (χ2n) is 9.01. The van der Waals surface area contributed by atoms with E-state index in [-0.39, 0.29) is 52.6 Å². The zero-order valence-corrected chi connectivity index (χ0v) is 18.1. The number of carbonyl (C=O) groups excluding carboxylic acids is 1. The molecule has 1 fully saturated rings. The van der Waals surface area contributed by atoms with Crippen molar-refractivity contribution in [3.63, 3.8) is 0 Å². The first-order chi connectivity index (χ1) is 15.0. The first kappa shape index (κ1) is 22.1. The van der Waals surface area contributed by atoms with Gasteiger partial charge in [-0.3, -0.25) is 15.6 Å². The Morgan fingerprint density at radius 1 is 1.16 bits per heavy atom. The molecule has 0 bridgehead atoms. The van der Waals surface area contributed by atoms with Gasteiger partial charge in [0, 0.05) is 19.0 Å². The summed E-state index contributed by atoms with van der Waals surface area (Å²) in [5.74, 6) is -2.44. The van der Waals surface area contributed by atoms with E-state index in [0.29, 0.717) is 5.56 Å². The van der Waals surface area contributed by atoms with E-state index in [1.807, 2.05) is 0 Å². The van der Waals surface area contributed by atoms with Crippen LogP contribution in [0.5, 0.6) is 0 Å². The van der Waals surface area contributed by atoms with Gasteiger partial charge in [0.1, 0.15) is 11.6 Å². The molecule has 0 radical (unpaired) electrons. The summed E-state index contributed by atoms with van der Waals surface area (Å²) in [4.78, 5) is 15.0. The maximum absolute atomic E-state index is 15.0. The van der Waals surface area contributed by atoms with Crippen LogP contribution in [-0.2, 0) is 11.3 Å².